The third-order valence-electron chi connectivity index (χ3n) is 2.86. The Balaban J connectivity index is 2.25. The van der Waals surface area contributed by atoms with Crippen molar-refractivity contribution in [1.82, 2.24) is 14.9 Å². The molecule has 1 aromatic carbocycles. The van der Waals surface area contributed by atoms with Gasteiger partial charge in [0, 0.05) is 6.54 Å². The summed E-state index contributed by atoms with van der Waals surface area (Å²) in [6, 6.07) is 6.32. The number of sulfonamides is 1. The van der Waals surface area contributed by atoms with Gasteiger partial charge in [0.1, 0.15) is 0 Å². The number of nitrogens with one attached hydrogen (secondary N) is 2. The summed E-state index contributed by atoms with van der Waals surface area (Å²) >= 11 is 0. The summed E-state index contributed by atoms with van der Waals surface area (Å²) < 4.78 is 25.5. The third kappa shape index (κ3) is 3.03. The molecule has 1 aliphatic heterocycles. The number of hydrogen-bond donors (Lipinski definition) is 2. The Morgan fingerprint density at radius 2 is 1.70 bits per heavy atom. The second kappa shape index (κ2) is 5.70. The molecule has 1 heterocycles. The van der Waals surface area contributed by atoms with Crippen molar-refractivity contribution in [3.8, 4) is 0 Å². The van der Waals surface area contributed by atoms with E-state index >= 15 is 0 Å². The van der Waals surface area contributed by atoms with E-state index in [-0.39, 0.29) is 18.0 Å². The highest BCUT2D eigenvalue weighted by atomic mass is 32.2. The molecule has 7 nitrogen and oxygen atoms in total. The van der Waals surface area contributed by atoms with Gasteiger partial charge in [0.15, 0.2) is 0 Å². The zero-order chi connectivity index (χ0) is 14.8. The van der Waals surface area contributed by atoms with Crippen LogP contribution in [0.15, 0.2) is 29.2 Å². The predicted molar refractivity (Wildman–Crippen MR) is 71.1 cm³/mol. The number of carbonyl (C=O) groups is 2. The number of rotatable bonds is 4. The minimum Gasteiger partial charge on any atom is -0.316 e. The van der Waals surface area contributed by atoms with Crippen molar-refractivity contribution in [3.05, 3.63) is 29.8 Å². The van der Waals surface area contributed by atoms with Crippen molar-refractivity contribution in [3.63, 3.8) is 0 Å². The molecule has 0 spiro atoms. The molecular weight excluding hydrogens is 282 g/mol. The first-order valence-corrected chi connectivity index (χ1v) is 7.44. The average molecular weight is 297 g/mol. The quantitative estimate of drug-likeness (QED) is 0.699. The molecule has 0 bridgehead atoms. The maximum absolute atomic E-state index is 12.3. The van der Waals surface area contributed by atoms with Gasteiger partial charge < -0.3 is 5.32 Å². The van der Waals surface area contributed by atoms with Gasteiger partial charge in [0.05, 0.1) is 18.0 Å². The van der Waals surface area contributed by atoms with Crippen LogP contribution in [-0.4, -0.2) is 44.7 Å². The zero-order valence-corrected chi connectivity index (χ0v) is 11.7. The highest BCUT2D eigenvalue weighted by Crippen LogP contribution is 2.17. The smallest absolute Gasteiger partial charge is 0.244 e. The van der Waals surface area contributed by atoms with Crippen molar-refractivity contribution in [2.24, 2.45) is 0 Å². The van der Waals surface area contributed by atoms with Crippen LogP contribution in [0.5, 0.6) is 0 Å². The molecule has 2 amide bonds. The van der Waals surface area contributed by atoms with Crippen molar-refractivity contribution < 1.29 is 18.0 Å². The Kier molecular flexibility index (Phi) is 4.17. The van der Waals surface area contributed by atoms with E-state index in [0.717, 1.165) is 9.87 Å². The number of amides is 2. The van der Waals surface area contributed by atoms with Gasteiger partial charge in [-0.15, -0.1) is 0 Å². The molecule has 20 heavy (non-hydrogen) atoms. The van der Waals surface area contributed by atoms with Crippen molar-refractivity contribution in [2.75, 3.05) is 20.1 Å². The van der Waals surface area contributed by atoms with Crippen LogP contribution in [0.2, 0.25) is 0 Å². The van der Waals surface area contributed by atoms with Crippen LogP contribution in [0.1, 0.15) is 5.56 Å². The third-order valence-corrected chi connectivity index (χ3v) is 4.67. The minimum atomic E-state index is -3.83. The fraction of sp³-hybridized carbons (Fsp3) is 0.333. The van der Waals surface area contributed by atoms with E-state index in [0.29, 0.717) is 6.54 Å². The first-order chi connectivity index (χ1) is 9.43. The van der Waals surface area contributed by atoms with E-state index in [9.17, 15) is 18.0 Å². The standard InChI is InChI=1S/C12H15N3O4S/c1-13-6-9-2-4-10(5-3-9)20(18,19)15-7-11(16)14-12(17)8-15/h2-5,13H,6-8H2,1H3,(H,14,16,17). The number of piperazine rings is 1. The molecule has 108 valence electrons. The van der Waals surface area contributed by atoms with Crippen LogP contribution in [-0.2, 0) is 26.2 Å². The molecule has 2 rings (SSSR count). The van der Waals surface area contributed by atoms with E-state index in [1.54, 1.807) is 19.2 Å². The van der Waals surface area contributed by atoms with Crippen molar-refractivity contribution >= 4 is 21.8 Å². The molecule has 0 aromatic heterocycles. The lowest BCUT2D eigenvalue weighted by Crippen LogP contribution is -2.53. The lowest BCUT2D eigenvalue weighted by Gasteiger charge is -2.24. The van der Waals surface area contributed by atoms with E-state index in [2.05, 4.69) is 10.6 Å². The summed E-state index contributed by atoms with van der Waals surface area (Å²) in [5.41, 5.74) is 0.943. The molecule has 0 saturated carbocycles. The molecule has 1 fully saturated rings. The van der Waals surface area contributed by atoms with Crippen molar-refractivity contribution in [2.45, 2.75) is 11.4 Å². The molecule has 1 aromatic rings. The number of nitrogens with zero attached hydrogens (tertiary/aromatic N) is 1. The van der Waals surface area contributed by atoms with Gasteiger partial charge in [-0.3, -0.25) is 14.9 Å². The molecule has 1 saturated heterocycles. The average Bonchev–Trinajstić information content (AvgIpc) is 2.38. The molecule has 0 unspecified atom stereocenters. The normalized spacial score (nSPS) is 17.1. The summed E-state index contributed by atoms with van der Waals surface area (Å²) in [6.07, 6.45) is 0. The van der Waals surface area contributed by atoms with Crippen LogP contribution in [0.4, 0.5) is 0 Å². The second-order valence-electron chi connectivity index (χ2n) is 4.42. The monoisotopic (exact) mass is 297 g/mol. The van der Waals surface area contributed by atoms with Gasteiger partial charge in [-0.1, -0.05) is 12.1 Å². The van der Waals surface area contributed by atoms with Crippen LogP contribution in [0.3, 0.4) is 0 Å². The topological polar surface area (TPSA) is 95.6 Å². The predicted octanol–water partition coefficient (Wildman–Crippen LogP) is -0.947. The lowest BCUT2D eigenvalue weighted by atomic mass is 10.2. The Morgan fingerprint density at radius 3 is 2.20 bits per heavy atom. The van der Waals surface area contributed by atoms with Gasteiger partial charge in [0.25, 0.3) is 0 Å². The highest BCUT2D eigenvalue weighted by molar-refractivity contribution is 7.89. The van der Waals surface area contributed by atoms with Crippen LogP contribution < -0.4 is 10.6 Å². The summed E-state index contributed by atoms with van der Waals surface area (Å²) in [5.74, 6) is -1.23. The van der Waals surface area contributed by atoms with Gasteiger partial charge >= 0.3 is 0 Å². The lowest BCUT2D eigenvalue weighted by molar-refractivity contribution is -0.134. The van der Waals surface area contributed by atoms with Gasteiger partial charge in [0.2, 0.25) is 21.8 Å². The molecule has 2 N–H and O–H groups in total. The first kappa shape index (κ1) is 14.6. The van der Waals surface area contributed by atoms with E-state index in [4.69, 9.17) is 0 Å². The maximum atomic E-state index is 12.3. The van der Waals surface area contributed by atoms with Gasteiger partial charge in [-0.05, 0) is 24.7 Å². The Morgan fingerprint density at radius 1 is 1.15 bits per heavy atom. The van der Waals surface area contributed by atoms with Crippen molar-refractivity contribution in [1.29, 1.82) is 0 Å². The minimum absolute atomic E-state index is 0.0693. The van der Waals surface area contributed by atoms with Crippen LogP contribution in [0.25, 0.3) is 0 Å². The number of imide groups is 1. The number of benzene rings is 1. The molecule has 1 aliphatic rings. The van der Waals surface area contributed by atoms with Crippen LogP contribution >= 0.6 is 0 Å². The molecule has 0 radical (unpaired) electrons. The van der Waals surface area contributed by atoms with Gasteiger partial charge in [-0.25, -0.2) is 8.42 Å². The summed E-state index contributed by atoms with van der Waals surface area (Å²) in [5, 5.41) is 5.03. The summed E-state index contributed by atoms with van der Waals surface area (Å²) in [4.78, 5) is 22.6. The molecule has 0 atom stereocenters. The SMILES string of the molecule is CNCc1ccc(S(=O)(=O)N2CC(=O)NC(=O)C2)cc1. The van der Waals surface area contributed by atoms with E-state index in [1.807, 2.05) is 0 Å². The number of carbonyl (C=O) groups excluding carboxylic acids is 2. The largest absolute Gasteiger partial charge is 0.316 e. The first-order valence-electron chi connectivity index (χ1n) is 6.00. The fourth-order valence-corrected chi connectivity index (χ4v) is 3.27. The molecule has 8 heteroatoms. The fourth-order valence-electron chi connectivity index (χ4n) is 1.91. The second-order valence-corrected chi connectivity index (χ2v) is 6.36. The summed E-state index contributed by atoms with van der Waals surface area (Å²) in [7, 11) is -2.03. The number of hydrogen-bond acceptors (Lipinski definition) is 5. The van der Waals surface area contributed by atoms with Gasteiger partial charge in [-0.2, -0.15) is 4.31 Å². The molecular formula is C12H15N3O4S. The van der Waals surface area contributed by atoms with E-state index < -0.39 is 21.8 Å². The maximum Gasteiger partial charge on any atom is 0.244 e. The summed E-state index contributed by atoms with van der Waals surface area (Å²) in [6.45, 7) is -0.0520. The highest BCUT2D eigenvalue weighted by Gasteiger charge is 2.32. The Labute approximate surface area is 117 Å². The molecule has 0 aliphatic carbocycles. The zero-order valence-electron chi connectivity index (χ0n) is 10.9. The van der Waals surface area contributed by atoms with Crippen LogP contribution in [0, 0.1) is 0 Å². The van der Waals surface area contributed by atoms with E-state index in [1.165, 1.54) is 12.1 Å². The Bertz CT molecular complexity index is 609. The Hall–Kier alpha value is -1.77.